The number of rotatable bonds is 4. The van der Waals surface area contributed by atoms with Crippen LogP contribution >= 0.6 is 23.2 Å². The average Bonchev–Trinajstić information content (AvgIpc) is 2.78. The maximum Gasteiger partial charge on any atom is 0.339 e. The van der Waals surface area contributed by atoms with Gasteiger partial charge in [-0.2, -0.15) is 0 Å². The molecule has 0 bridgehead atoms. The third-order valence-electron chi connectivity index (χ3n) is 3.47. The molecule has 0 N–H and O–H groups in total. The number of hydrogen-bond acceptors (Lipinski definition) is 6. The smallest absolute Gasteiger partial charge is 0.339 e. The number of sulfonamides is 1. The normalized spacial score (nSPS) is 15.1. The van der Waals surface area contributed by atoms with Crippen LogP contribution in [0.2, 0.25) is 10.2 Å². The number of ether oxygens (including phenoxy) is 1. The lowest BCUT2D eigenvalue weighted by molar-refractivity contribution is 0.0477. The molecule has 0 atom stereocenters. The van der Waals surface area contributed by atoms with E-state index in [2.05, 4.69) is 4.98 Å². The first kappa shape index (κ1) is 17.7. The van der Waals surface area contributed by atoms with Crippen LogP contribution in [0, 0.1) is 0 Å². The van der Waals surface area contributed by atoms with Crippen LogP contribution < -0.4 is 0 Å². The van der Waals surface area contributed by atoms with E-state index in [1.807, 2.05) is 0 Å². The Hall–Kier alpha value is -2.16. The van der Waals surface area contributed by atoms with Gasteiger partial charge in [0.25, 0.3) is 15.9 Å². The Labute approximate surface area is 153 Å². The zero-order valence-corrected chi connectivity index (χ0v) is 14.8. The van der Waals surface area contributed by atoms with E-state index in [-0.39, 0.29) is 39.3 Å². The largest absolute Gasteiger partial charge is 0.460 e. The topological polar surface area (TPSA) is 93.6 Å². The molecule has 1 aliphatic heterocycles. The van der Waals surface area contributed by atoms with Crippen molar-refractivity contribution in [3.05, 3.63) is 57.8 Å². The molecular weight excluding hydrogens is 391 g/mol. The van der Waals surface area contributed by atoms with Gasteiger partial charge in [-0.3, -0.25) is 4.79 Å². The number of fused-ring (bicyclic) bond motifs is 1. The minimum atomic E-state index is -3.93. The van der Waals surface area contributed by atoms with E-state index in [0.717, 1.165) is 0 Å². The SMILES string of the molecule is O=C(OCCN1C(=O)c2ccccc2S1(=O)=O)c1cnc(Cl)c(Cl)c1. The average molecular weight is 401 g/mol. The molecule has 3 rings (SSSR count). The molecule has 0 saturated heterocycles. The summed E-state index contributed by atoms with van der Waals surface area (Å²) in [5, 5.41) is 0.133. The Kier molecular flexibility index (Phi) is 4.68. The lowest BCUT2D eigenvalue weighted by Gasteiger charge is -2.15. The number of hydrogen-bond donors (Lipinski definition) is 0. The van der Waals surface area contributed by atoms with E-state index < -0.39 is 21.9 Å². The number of pyridine rings is 1. The van der Waals surface area contributed by atoms with Crippen molar-refractivity contribution in [3.8, 4) is 0 Å². The van der Waals surface area contributed by atoms with Crippen molar-refractivity contribution in [2.24, 2.45) is 0 Å². The summed E-state index contributed by atoms with van der Waals surface area (Å²) in [6, 6.07) is 7.18. The Morgan fingerprint density at radius 3 is 2.64 bits per heavy atom. The molecule has 0 unspecified atom stereocenters. The molecule has 2 aromatic rings. The van der Waals surface area contributed by atoms with E-state index >= 15 is 0 Å². The molecule has 25 heavy (non-hydrogen) atoms. The second-order valence-electron chi connectivity index (χ2n) is 5.01. The summed E-state index contributed by atoms with van der Waals surface area (Å²) in [5.41, 5.74) is 0.163. The molecule has 130 valence electrons. The first-order valence-electron chi connectivity index (χ1n) is 6.96. The molecule has 0 saturated carbocycles. The Morgan fingerprint density at radius 2 is 1.96 bits per heavy atom. The molecule has 1 aliphatic rings. The molecule has 1 amide bonds. The summed E-state index contributed by atoms with van der Waals surface area (Å²) in [7, 11) is -3.93. The van der Waals surface area contributed by atoms with Crippen LogP contribution in [0.25, 0.3) is 0 Å². The van der Waals surface area contributed by atoms with Crippen molar-refractivity contribution < 1.29 is 22.7 Å². The van der Waals surface area contributed by atoms with Crippen LogP contribution in [-0.2, 0) is 14.8 Å². The second-order valence-corrected chi connectivity index (χ2v) is 7.61. The maximum atomic E-state index is 12.3. The van der Waals surface area contributed by atoms with E-state index in [4.69, 9.17) is 27.9 Å². The van der Waals surface area contributed by atoms with Crippen LogP contribution in [0.15, 0.2) is 41.4 Å². The molecule has 1 aromatic heterocycles. The molecule has 7 nitrogen and oxygen atoms in total. The first-order chi connectivity index (χ1) is 11.8. The summed E-state index contributed by atoms with van der Waals surface area (Å²) in [4.78, 5) is 27.8. The Morgan fingerprint density at radius 1 is 1.24 bits per heavy atom. The third-order valence-corrected chi connectivity index (χ3v) is 6.00. The predicted octanol–water partition coefficient (Wildman–Crippen LogP) is 2.39. The Bertz CT molecular complexity index is 978. The summed E-state index contributed by atoms with van der Waals surface area (Å²) >= 11 is 11.4. The highest BCUT2D eigenvalue weighted by Gasteiger charge is 2.40. The van der Waals surface area contributed by atoms with E-state index in [1.165, 1.54) is 30.5 Å². The van der Waals surface area contributed by atoms with Crippen molar-refractivity contribution in [2.45, 2.75) is 4.90 Å². The molecule has 0 aliphatic carbocycles. The van der Waals surface area contributed by atoms with Crippen molar-refractivity contribution in [1.29, 1.82) is 0 Å². The number of benzene rings is 1. The van der Waals surface area contributed by atoms with Gasteiger partial charge in [0.15, 0.2) is 0 Å². The number of carbonyl (C=O) groups is 2. The molecule has 0 radical (unpaired) electrons. The van der Waals surface area contributed by atoms with Crippen LogP contribution in [-0.4, -0.2) is 42.7 Å². The van der Waals surface area contributed by atoms with Gasteiger partial charge in [0.05, 0.1) is 22.7 Å². The van der Waals surface area contributed by atoms with Gasteiger partial charge in [-0.15, -0.1) is 0 Å². The number of amides is 1. The lowest BCUT2D eigenvalue weighted by Crippen LogP contribution is -2.33. The van der Waals surface area contributed by atoms with Gasteiger partial charge in [-0.25, -0.2) is 22.5 Å². The number of aromatic nitrogens is 1. The highest BCUT2D eigenvalue weighted by Crippen LogP contribution is 2.29. The fourth-order valence-electron chi connectivity index (χ4n) is 2.29. The van der Waals surface area contributed by atoms with Gasteiger partial charge in [0.1, 0.15) is 16.7 Å². The zero-order valence-electron chi connectivity index (χ0n) is 12.5. The minimum absolute atomic E-state index is 0.0461. The molecule has 0 fully saturated rings. The van der Waals surface area contributed by atoms with Gasteiger partial charge in [-0.05, 0) is 18.2 Å². The fraction of sp³-hybridized carbons (Fsp3) is 0.133. The van der Waals surface area contributed by atoms with E-state index in [1.54, 1.807) is 6.07 Å². The highest BCUT2D eigenvalue weighted by atomic mass is 35.5. The molecular formula is C15H10Cl2N2O5S. The van der Waals surface area contributed by atoms with Crippen LogP contribution in [0.1, 0.15) is 20.7 Å². The predicted molar refractivity (Wildman–Crippen MR) is 89.2 cm³/mol. The second kappa shape index (κ2) is 6.62. The standard InChI is InChI=1S/C15H10Cl2N2O5S/c16-11-7-9(8-18-13(11)17)15(21)24-6-5-19-14(20)10-3-1-2-4-12(10)25(19,22)23/h1-4,7-8H,5-6H2. The zero-order chi connectivity index (χ0) is 18.2. The van der Waals surface area contributed by atoms with Gasteiger partial charge >= 0.3 is 5.97 Å². The molecule has 1 aromatic carbocycles. The summed E-state index contributed by atoms with van der Waals surface area (Å²) < 4.78 is 30.4. The fourth-order valence-corrected chi connectivity index (χ4v) is 4.11. The monoisotopic (exact) mass is 400 g/mol. The number of nitrogens with zero attached hydrogens (tertiary/aromatic N) is 2. The molecule has 2 heterocycles. The van der Waals surface area contributed by atoms with Crippen LogP contribution in [0.3, 0.4) is 0 Å². The van der Waals surface area contributed by atoms with E-state index in [9.17, 15) is 18.0 Å². The van der Waals surface area contributed by atoms with Crippen molar-refractivity contribution in [3.63, 3.8) is 0 Å². The first-order valence-corrected chi connectivity index (χ1v) is 9.16. The summed E-state index contributed by atoms with van der Waals surface area (Å²) in [6.07, 6.45) is 1.18. The Balaban J connectivity index is 1.68. The number of halogens is 2. The van der Waals surface area contributed by atoms with Crippen LogP contribution in [0.4, 0.5) is 0 Å². The van der Waals surface area contributed by atoms with Crippen molar-refractivity contribution in [2.75, 3.05) is 13.2 Å². The minimum Gasteiger partial charge on any atom is -0.460 e. The van der Waals surface area contributed by atoms with Gasteiger partial charge in [-0.1, -0.05) is 35.3 Å². The molecule has 10 heteroatoms. The molecule has 0 spiro atoms. The maximum absolute atomic E-state index is 12.3. The van der Waals surface area contributed by atoms with Crippen LogP contribution in [0.5, 0.6) is 0 Å². The lowest BCUT2D eigenvalue weighted by atomic mass is 10.2. The van der Waals surface area contributed by atoms with Gasteiger partial charge in [0, 0.05) is 6.20 Å². The van der Waals surface area contributed by atoms with Crippen molar-refractivity contribution in [1.82, 2.24) is 9.29 Å². The quantitative estimate of drug-likeness (QED) is 0.577. The summed E-state index contributed by atoms with van der Waals surface area (Å²) in [5.74, 6) is -1.41. The number of esters is 1. The number of carbonyl (C=O) groups excluding carboxylic acids is 2. The summed E-state index contributed by atoms with van der Waals surface area (Å²) in [6.45, 7) is -0.603. The van der Waals surface area contributed by atoms with Gasteiger partial charge < -0.3 is 4.74 Å². The van der Waals surface area contributed by atoms with Crippen molar-refractivity contribution >= 4 is 45.1 Å². The van der Waals surface area contributed by atoms with E-state index in [0.29, 0.717) is 4.31 Å². The third kappa shape index (κ3) is 3.20. The van der Waals surface area contributed by atoms with Gasteiger partial charge in [0.2, 0.25) is 0 Å². The highest BCUT2D eigenvalue weighted by molar-refractivity contribution is 7.90.